The van der Waals surface area contributed by atoms with Crippen LogP contribution in [0, 0.1) is 12.7 Å². The van der Waals surface area contributed by atoms with E-state index >= 15 is 0 Å². The first-order chi connectivity index (χ1) is 11.8. The van der Waals surface area contributed by atoms with Gasteiger partial charge in [0.2, 0.25) is 0 Å². The van der Waals surface area contributed by atoms with Crippen molar-refractivity contribution in [3.63, 3.8) is 0 Å². The van der Waals surface area contributed by atoms with E-state index in [4.69, 9.17) is 23.2 Å². The van der Waals surface area contributed by atoms with E-state index in [2.05, 4.69) is 15.0 Å². The van der Waals surface area contributed by atoms with Crippen LogP contribution in [0.1, 0.15) is 37.4 Å². The van der Waals surface area contributed by atoms with Gasteiger partial charge >= 0.3 is 5.69 Å². The van der Waals surface area contributed by atoms with E-state index in [9.17, 15) is 9.18 Å². The fourth-order valence-electron chi connectivity index (χ4n) is 2.68. The molecule has 3 aromatic rings. The fourth-order valence-corrected chi connectivity index (χ4v) is 3.03. The Morgan fingerprint density at radius 2 is 2.00 bits per heavy atom. The first-order valence-electron chi connectivity index (χ1n) is 7.75. The second kappa shape index (κ2) is 6.69. The Labute approximate surface area is 153 Å². The summed E-state index contributed by atoms with van der Waals surface area (Å²) < 4.78 is 15.1. The first-order valence-corrected chi connectivity index (χ1v) is 8.50. The molecule has 0 radical (unpaired) electrons. The molecule has 0 bridgehead atoms. The monoisotopic (exact) mass is 380 g/mol. The molecule has 0 fully saturated rings. The van der Waals surface area contributed by atoms with Crippen LogP contribution in [0.25, 0.3) is 16.7 Å². The highest BCUT2D eigenvalue weighted by atomic mass is 35.5. The van der Waals surface area contributed by atoms with Gasteiger partial charge in [0.15, 0.2) is 16.6 Å². The number of nitrogens with zero attached hydrogens (tertiary/aromatic N) is 4. The zero-order chi connectivity index (χ0) is 18.3. The Bertz CT molecular complexity index is 1040. The summed E-state index contributed by atoms with van der Waals surface area (Å²) in [6, 6.07) is 2.92. The van der Waals surface area contributed by atoms with Gasteiger partial charge < -0.3 is 0 Å². The molecule has 130 valence electrons. The van der Waals surface area contributed by atoms with Crippen molar-refractivity contribution in [1.29, 1.82) is 0 Å². The lowest BCUT2D eigenvalue weighted by molar-refractivity contribution is 0.623. The van der Waals surface area contributed by atoms with Gasteiger partial charge in [0.1, 0.15) is 5.15 Å². The van der Waals surface area contributed by atoms with Gasteiger partial charge in [-0.15, -0.1) is 0 Å². The molecule has 0 aliphatic heterocycles. The average molecular weight is 381 g/mol. The molecule has 0 amide bonds. The van der Waals surface area contributed by atoms with Crippen LogP contribution in [-0.4, -0.2) is 19.5 Å². The highest BCUT2D eigenvalue weighted by molar-refractivity contribution is 6.34. The maximum absolute atomic E-state index is 13.8. The fraction of sp³-hybridized carbons (Fsp3) is 0.294. The van der Waals surface area contributed by atoms with Crippen LogP contribution in [-0.2, 0) is 0 Å². The third-order valence-corrected chi connectivity index (χ3v) is 4.74. The van der Waals surface area contributed by atoms with Crippen LogP contribution in [0.3, 0.4) is 0 Å². The molecule has 0 saturated carbocycles. The highest BCUT2D eigenvalue weighted by Crippen LogP contribution is 2.29. The van der Waals surface area contributed by atoms with Crippen LogP contribution in [0.4, 0.5) is 4.39 Å². The normalized spacial score (nSPS) is 12.6. The summed E-state index contributed by atoms with van der Waals surface area (Å²) in [7, 11) is 0. The third kappa shape index (κ3) is 3.00. The summed E-state index contributed by atoms with van der Waals surface area (Å²) in [5.74, 6) is -0.628. The van der Waals surface area contributed by atoms with Crippen LogP contribution >= 0.6 is 23.2 Å². The van der Waals surface area contributed by atoms with E-state index < -0.39 is 11.5 Å². The maximum Gasteiger partial charge on any atom is 0.355 e. The van der Waals surface area contributed by atoms with Crippen LogP contribution < -0.4 is 5.69 Å². The standard InChI is InChI=1S/C17H15Cl2FN4O/c1-4-8(2)12-13(9(3)5-6-21-12)24-16-10(14(18)23-17(24)25)7-11(20)15(19)22-16/h5-8H,4H2,1-3H3. The lowest BCUT2D eigenvalue weighted by atomic mass is 10.0. The van der Waals surface area contributed by atoms with Crippen LogP contribution in [0.5, 0.6) is 0 Å². The number of aromatic nitrogens is 4. The first kappa shape index (κ1) is 17.8. The predicted octanol–water partition coefficient (Wildman–Crippen LogP) is 4.44. The van der Waals surface area contributed by atoms with Crippen molar-refractivity contribution >= 4 is 34.2 Å². The highest BCUT2D eigenvalue weighted by Gasteiger charge is 2.21. The molecule has 1 atom stereocenters. The van der Waals surface area contributed by atoms with Crippen molar-refractivity contribution in [3.05, 3.63) is 56.2 Å². The second-order valence-electron chi connectivity index (χ2n) is 5.82. The summed E-state index contributed by atoms with van der Waals surface area (Å²) in [4.78, 5) is 24.9. The molecular formula is C17H15Cl2FN4O. The van der Waals surface area contributed by atoms with Gasteiger partial charge in [-0.25, -0.2) is 18.7 Å². The minimum Gasteiger partial charge on any atom is -0.259 e. The molecule has 3 aromatic heterocycles. The zero-order valence-corrected chi connectivity index (χ0v) is 15.4. The molecule has 0 N–H and O–H groups in total. The minimum absolute atomic E-state index is 0.100. The van der Waals surface area contributed by atoms with Crippen molar-refractivity contribution in [1.82, 2.24) is 19.5 Å². The number of rotatable bonds is 3. The van der Waals surface area contributed by atoms with Gasteiger partial charge in [-0.05, 0) is 31.0 Å². The maximum atomic E-state index is 13.8. The molecule has 5 nitrogen and oxygen atoms in total. The van der Waals surface area contributed by atoms with Gasteiger partial charge in [-0.3, -0.25) is 4.98 Å². The summed E-state index contributed by atoms with van der Waals surface area (Å²) in [5.41, 5.74) is 1.66. The molecule has 0 aliphatic carbocycles. The second-order valence-corrected chi connectivity index (χ2v) is 6.54. The third-order valence-electron chi connectivity index (χ3n) is 4.19. The smallest absolute Gasteiger partial charge is 0.259 e. The van der Waals surface area contributed by atoms with E-state index in [1.54, 1.807) is 12.3 Å². The number of hydrogen-bond acceptors (Lipinski definition) is 4. The molecule has 3 rings (SSSR count). The predicted molar refractivity (Wildman–Crippen MR) is 96.4 cm³/mol. The van der Waals surface area contributed by atoms with Gasteiger partial charge in [-0.1, -0.05) is 37.0 Å². The average Bonchev–Trinajstić information content (AvgIpc) is 2.57. The van der Waals surface area contributed by atoms with Crippen molar-refractivity contribution in [2.45, 2.75) is 33.1 Å². The van der Waals surface area contributed by atoms with Crippen LogP contribution in [0.15, 0.2) is 23.1 Å². The summed E-state index contributed by atoms with van der Waals surface area (Å²) in [6.07, 6.45) is 2.52. The molecule has 8 heteroatoms. The number of fused-ring (bicyclic) bond motifs is 1. The van der Waals surface area contributed by atoms with E-state index in [-0.39, 0.29) is 27.3 Å². The van der Waals surface area contributed by atoms with E-state index in [1.165, 1.54) is 4.57 Å². The lowest BCUT2D eigenvalue weighted by Gasteiger charge is -2.18. The molecule has 0 spiro atoms. The van der Waals surface area contributed by atoms with Gasteiger partial charge in [0, 0.05) is 12.1 Å². The topological polar surface area (TPSA) is 60.7 Å². The Balaban J connectivity index is 2.50. The molecule has 0 saturated heterocycles. The number of pyridine rings is 2. The molecule has 25 heavy (non-hydrogen) atoms. The Morgan fingerprint density at radius 1 is 1.28 bits per heavy atom. The van der Waals surface area contributed by atoms with Gasteiger partial charge in [0.25, 0.3) is 0 Å². The molecule has 0 aromatic carbocycles. The van der Waals surface area contributed by atoms with Crippen molar-refractivity contribution in [3.8, 4) is 5.69 Å². The summed E-state index contributed by atoms with van der Waals surface area (Å²) >= 11 is 11.9. The van der Waals surface area contributed by atoms with Crippen LogP contribution in [0.2, 0.25) is 10.3 Å². The van der Waals surface area contributed by atoms with Gasteiger partial charge in [0.05, 0.1) is 16.8 Å². The van der Waals surface area contributed by atoms with E-state index in [1.807, 2.05) is 20.8 Å². The van der Waals surface area contributed by atoms with E-state index in [0.717, 1.165) is 23.7 Å². The van der Waals surface area contributed by atoms with Gasteiger partial charge in [-0.2, -0.15) is 4.98 Å². The summed E-state index contributed by atoms with van der Waals surface area (Å²) in [5, 5.41) is -0.248. The molecule has 1 unspecified atom stereocenters. The zero-order valence-electron chi connectivity index (χ0n) is 13.8. The SMILES string of the molecule is CCC(C)c1nccc(C)c1-n1c(=O)nc(Cl)c2cc(F)c(Cl)nc21. The Kier molecular flexibility index (Phi) is 4.75. The minimum atomic E-state index is -0.729. The quantitative estimate of drug-likeness (QED) is 0.497. The largest absolute Gasteiger partial charge is 0.355 e. The Morgan fingerprint density at radius 3 is 2.68 bits per heavy atom. The summed E-state index contributed by atoms with van der Waals surface area (Å²) in [6.45, 7) is 5.91. The van der Waals surface area contributed by atoms with Crippen molar-refractivity contribution in [2.24, 2.45) is 0 Å². The number of aryl methyl sites for hydroxylation is 1. The number of halogens is 3. The molecular weight excluding hydrogens is 366 g/mol. The lowest BCUT2D eigenvalue weighted by Crippen LogP contribution is -2.25. The molecule has 3 heterocycles. The molecule has 0 aliphatic rings. The van der Waals surface area contributed by atoms with Crippen molar-refractivity contribution < 1.29 is 4.39 Å². The van der Waals surface area contributed by atoms with Crippen molar-refractivity contribution in [2.75, 3.05) is 0 Å². The Hall–Kier alpha value is -2.05. The van der Waals surface area contributed by atoms with E-state index in [0.29, 0.717) is 5.69 Å². The number of hydrogen-bond donors (Lipinski definition) is 0.